The van der Waals surface area contributed by atoms with Crippen LogP contribution in [0.1, 0.15) is 11.1 Å². The molecule has 1 aromatic rings. The zero-order valence-electron chi connectivity index (χ0n) is 5.93. The van der Waals surface area contributed by atoms with Crippen LogP contribution in [-0.4, -0.2) is 0 Å². The number of nitrogens with zero attached hydrogens (tertiary/aromatic N) is 1. The van der Waals surface area contributed by atoms with Crippen LogP contribution in [0, 0.1) is 18.3 Å². The third-order valence-electron chi connectivity index (χ3n) is 1.41. The largest absolute Gasteiger partial charge is 0.192 e. The second kappa shape index (κ2) is 3.29. The summed E-state index contributed by atoms with van der Waals surface area (Å²) in [6.07, 6.45) is 0. The molecular weight excluding hydrogens is 222 g/mol. The minimum atomic E-state index is 0.626. The van der Waals surface area contributed by atoms with Crippen molar-refractivity contribution in [3.8, 4) is 6.07 Å². The molecule has 0 atom stereocenters. The highest BCUT2D eigenvalue weighted by atomic mass is 79.9. The van der Waals surface area contributed by atoms with Gasteiger partial charge in [0, 0.05) is 9.37 Å². The highest BCUT2D eigenvalue weighted by Gasteiger charge is 2.01. The molecule has 0 aromatic heterocycles. The van der Waals surface area contributed by atoms with Gasteiger partial charge in [-0.15, -0.1) is 12.6 Å². The Morgan fingerprint density at radius 2 is 2.18 bits per heavy atom. The van der Waals surface area contributed by atoms with Crippen LogP contribution in [0.3, 0.4) is 0 Å². The van der Waals surface area contributed by atoms with Gasteiger partial charge in [-0.2, -0.15) is 5.26 Å². The molecule has 0 fully saturated rings. The summed E-state index contributed by atoms with van der Waals surface area (Å²) in [5.41, 5.74) is 1.69. The van der Waals surface area contributed by atoms with E-state index in [2.05, 4.69) is 34.6 Å². The van der Waals surface area contributed by atoms with Crippen molar-refractivity contribution >= 4 is 28.6 Å². The molecule has 0 bridgehead atoms. The van der Waals surface area contributed by atoms with Gasteiger partial charge in [0.15, 0.2) is 0 Å². The summed E-state index contributed by atoms with van der Waals surface area (Å²) in [4.78, 5) is 0.852. The Bertz CT molecular complexity index is 328. The third kappa shape index (κ3) is 1.76. The first-order chi connectivity index (χ1) is 5.15. The maximum absolute atomic E-state index is 8.62. The number of aryl methyl sites for hydroxylation is 1. The number of hydrogen-bond acceptors (Lipinski definition) is 2. The summed E-state index contributed by atoms with van der Waals surface area (Å²) in [5.74, 6) is 0. The number of thiol groups is 1. The van der Waals surface area contributed by atoms with Gasteiger partial charge in [0.25, 0.3) is 0 Å². The molecule has 0 saturated heterocycles. The van der Waals surface area contributed by atoms with Crippen molar-refractivity contribution in [3.63, 3.8) is 0 Å². The Morgan fingerprint density at radius 1 is 1.55 bits per heavy atom. The van der Waals surface area contributed by atoms with E-state index in [1.165, 1.54) is 0 Å². The van der Waals surface area contributed by atoms with Crippen LogP contribution in [0.5, 0.6) is 0 Å². The zero-order chi connectivity index (χ0) is 8.43. The van der Waals surface area contributed by atoms with Crippen molar-refractivity contribution < 1.29 is 0 Å². The molecule has 56 valence electrons. The van der Waals surface area contributed by atoms with Crippen molar-refractivity contribution in [1.82, 2.24) is 0 Å². The van der Waals surface area contributed by atoms with Gasteiger partial charge in [0.2, 0.25) is 0 Å². The fourth-order valence-corrected chi connectivity index (χ4v) is 1.49. The van der Waals surface area contributed by atoms with Gasteiger partial charge in [-0.05, 0) is 40.5 Å². The van der Waals surface area contributed by atoms with E-state index < -0.39 is 0 Å². The van der Waals surface area contributed by atoms with E-state index in [0.717, 1.165) is 14.9 Å². The molecule has 0 unspecified atom stereocenters. The molecular formula is C8H6BrNS. The van der Waals surface area contributed by atoms with Gasteiger partial charge in [-0.3, -0.25) is 0 Å². The lowest BCUT2D eigenvalue weighted by Gasteiger charge is -2.00. The molecule has 0 aliphatic rings. The van der Waals surface area contributed by atoms with Gasteiger partial charge < -0.3 is 0 Å². The molecule has 0 N–H and O–H groups in total. The van der Waals surface area contributed by atoms with E-state index in [4.69, 9.17) is 5.26 Å². The summed E-state index contributed by atoms with van der Waals surface area (Å²) in [5, 5.41) is 8.62. The molecule has 3 heteroatoms. The topological polar surface area (TPSA) is 23.8 Å². The van der Waals surface area contributed by atoms with E-state index in [9.17, 15) is 0 Å². The lowest BCUT2D eigenvalue weighted by Crippen LogP contribution is -1.81. The van der Waals surface area contributed by atoms with Gasteiger partial charge in [0.1, 0.15) is 6.07 Å². The molecule has 0 radical (unpaired) electrons. The molecule has 1 rings (SSSR count). The fraction of sp³-hybridized carbons (Fsp3) is 0.125. The third-order valence-corrected chi connectivity index (χ3v) is 2.54. The van der Waals surface area contributed by atoms with Crippen LogP contribution < -0.4 is 0 Å². The average molecular weight is 228 g/mol. The summed E-state index contributed by atoms with van der Waals surface area (Å²) in [6.45, 7) is 1.95. The molecule has 0 saturated carbocycles. The maximum Gasteiger partial charge on any atom is 0.100 e. The second-order valence-corrected chi connectivity index (χ2v) is 3.57. The lowest BCUT2D eigenvalue weighted by atomic mass is 10.2. The SMILES string of the molecule is Cc1cc(Br)c(C#N)cc1S. The summed E-state index contributed by atoms with van der Waals surface area (Å²) >= 11 is 7.48. The van der Waals surface area contributed by atoms with Gasteiger partial charge in [0.05, 0.1) is 5.56 Å². The first-order valence-corrected chi connectivity index (χ1v) is 4.28. The molecule has 0 heterocycles. The Labute approximate surface area is 79.6 Å². The first kappa shape index (κ1) is 8.63. The second-order valence-electron chi connectivity index (χ2n) is 2.23. The van der Waals surface area contributed by atoms with Crippen molar-refractivity contribution in [1.29, 1.82) is 5.26 Å². The summed E-state index contributed by atoms with van der Waals surface area (Å²) in [7, 11) is 0. The van der Waals surface area contributed by atoms with Crippen molar-refractivity contribution in [2.24, 2.45) is 0 Å². The minimum absolute atomic E-state index is 0.626. The normalized spacial score (nSPS) is 9.27. The van der Waals surface area contributed by atoms with Crippen LogP contribution in [0.2, 0.25) is 0 Å². The number of rotatable bonds is 0. The zero-order valence-corrected chi connectivity index (χ0v) is 8.41. The highest BCUT2D eigenvalue weighted by molar-refractivity contribution is 9.10. The van der Waals surface area contributed by atoms with Gasteiger partial charge in [-0.25, -0.2) is 0 Å². The quantitative estimate of drug-likeness (QED) is 0.678. The van der Waals surface area contributed by atoms with Crippen LogP contribution in [0.15, 0.2) is 21.5 Å². The number of benzene rings is 1. The Morgan fingerprint density at radius 3 is 2.73 bits per heavy atom. The maximum atomic E-state index is 8.62. The predicted molar refractivity (Wildman–Crippen MR) is 50.8 cm³/mol. The summed E-state index contributed by atoms with van der Waals surface area (Å²) in [6, 6.07) is 5.71. The minimum Gasteiger partial charge on any atom is -0.192 e. The Kier molecular flexibility index (Phi) is 2.58. The van der Waals surface area contributed by atoms with E-state index >= 15 is 0 Å². The van der Waals surface area contributed by atoms with E-state index in [-0.39, 0.29) is 0 Å². The molecule has 0 spiro atoms. The number of halogens is 1. The highest BCUT2D eigenvalue weighted by Crippen LogP contribution is 2.22. The Hall–Kier alpha value is -0.460. The molecule has 1 aromatic carbocycles. The van der Waals surface area contributed by atoms with Crippen LogP contribution in [0.4, 0.5) is 0 Å². The predicted octanol–water partition coefficient (Wildman–Crippen LogP) is 2.92. The van der Waals surface area contributed by atoms with Crippen molar-refractivity contribution in [2.75, 3.05) is 0 Å². The number of nitriles is 1. The molecule has 0 amide bonds. The summed E-state index contributed by atoms with van der Waals surface area (Å²) < 4.78 is 0.829. The van der Waals surface area contributed by atoms with E-state index in [0.29, 0.717) is 5.56 Å². The lowest BCUT2D eigenvalue weighted by molar-refractivity contribution is 1.28. The van der Waals surface area contributed by atoms with Crippen LogP contribution >= 0.6 is 28.6 Å². The fourth-order valence-electron chi connectivity index (χ4n) is 0.747. The smallest absolute Gasteiger partial charge is 0.100 e. The van der Waals surface area contributed by atoms with E-state index in [1.54, 1.807) is 6.07 Å². The Balaban J connectivity index is 3.35. The van der Waals surface area contributed by atoms with Gasteiger partial charge in [-0.1, -0.05) is 0 Å². The average Bonchev–Trinajstić information content (AvgIpc) is 1.97. The molecule has 1 nitrogen and oxygen atoms in total. The molecule has 11 heavy (non-hydrogen) atoms. The first-order valence-electron chi connectivity index (χ1n) is 3.04. The monoisotopic (exact) mass is 227 g/mol. The van der Waals surface area contributed by atoms with Crippen molar-refractivity contribution in [2.45, 2.75) is 11.8 Å². The molecule has 0 aliphatic carbocycles. The van der Waals surface area contributed by atoms with Crippen LogP contribution in [0.25, 0.3) is 0 Å². The molecule has 0 aliphatic heterocycles. The van der Waals surface area contributed by atoms with Gasteiger partial charge >= 0.3 is 0 Å². The van der Waals surface area contributed by atoms with E-state index in [1.807, 2.05) is 13.0 Å². The number of hydrogen-bond donors (Lipinski definition) is 1. The standard InChI is InChI=1S/C8H6BrNS/c1-5-2-7(9)6(4-10)3-8(5)11/h2-3,11H,1H3. The van der Waals surface area contributed by atoms with Crippen molar-refractivity contribution in [3.05, 3.63) is 27.7 Å². The van der Waals surface area contributed by atoms with Crippen LogP contribution in [-0.2, 0) is 0 Å².